The van der Waals surface area contributed by atoms with Crippen LogP contribution in [0.5, 0.6) is 0 Å². The molecule has 2 heterocycles. The lowest BCUT2D eigenvalue weighted by Crippen LogP contribution is -2.34. The largest absolute Gasteiger partial charge is 0.380 e. The highest BCUT2D eigenvalue weighted by molar-refractivity contribution is 5.15. The van der Waals surface area contributed by atoms with Crippen molar-refractivity contribution in [2.45, 2.75) is 39.0 Å². The molecule has 2 atom stereocenters. The first-order valence-electron chi connectivity index (χ1n) is 9.09. The fraction of sp³-hybridized carbons (Fsp3) is 0.550. The van der Waals surface area contributed by atoms with Crippen molar-refractivity contribution in [1.29, 1.82) is 0 Å². The molecule has 25 heavy (non-hydrogen) atoms. The Bertz CT molecular complexity index is 650. The van der Waals surface area contributed by atoms with Crippen LogP contribution in [-0.2, 0) is 11.3 Å². The number of aromatic amines is 1. The molecule has 1 saturated heterocycles. The summed E-state index contributed by atoms with van der Waals surface area (Å²) in [6.45, 7) is 8.15. The summed E-state index contributed by atoms with van der Waals surface area (Å²) in [5.74, 6) is 1.08. The Morgan fingerprint density at radius 2 is 2.04 bits per heavy atom. The molecule has 1 aromatic heterocycles. The van der Waals surface area contributed by atoms with E-state index in [9.17, 15) is 0 Å². The van der Waals surface area contributed by atoms with Crippen LogP contribution in [-0.4, -0.2) is 59.7 Å². The summed E-state index contributed by atoms with van der Waals surface area (Å²) in [5.41, 5.74) is 3.61. The number of hydrogen-bond acceptors (Lipinski definition) is 4. The summed E-state index contributed by atoms with van der Waals surface area (Å²) in [4.78, 5) is 13.1. The monoisotopic (exact) mass is 342 g/mol. The number of aromatic nitrogens is 2. The van der Waals surface area contributed by atoms with E-state index in [1.807, 2.05) is 7.11 Å². The number of likely N-dealkylation sites (N-methyl/N-ethyl adjacent to an activating group) is 1. The first-order valence-corrected chi connectivity index (χ1v) is 9.09. The molecule has 0 radical (unpaired) electrons. The highest BCUT2D eigenvalue weighted by Crippen LogP contribution is 2.32. The van der Waals surface area contributed by atoms with Gasteiger partial charge < -0.3 is 14.6 Å². The third-order valence-electron chi connectivity index (χ3n) is 5.22. The maximum atomic E-state index is 5.64. The van der Waals surface area contributed by atoms with Gasteiger partial charge in [-0.05, 0) is 32.9 Å². The summed E-state index contributed by atoms with van der Waals surface area (Å²) < 4.78 is 5.64. The van der Waals surface area contributed by atoms with E-state index in [1.54, 1.807) is 0 Å². The topological polar surface area (TPSA) is 44.4 Å². The molecule has 0 amide bonds. The molecule has 5 heteroatoms. The summed E-state index contributed by atoms with van der Waals surface area (Å²) in [7, 11) is 4.00. The normalized spacial score (nSPS) is 21.3. The minimum absolute atomic E-state index is 0.287. The Kier molecular flexibility index (Phi) is 5.89. The number of nitrogens with one attached hydrogen (secondary N) is 1. The van der Waals surface area contributed by atoms with Crippen molar-refractivity contribution in [2.75, 3.05) is 33.8 Å². The number of methoxy groups -OCH3 is 1. The Morgan fingerprint density at radius 3 is 2.68 bits per heavy atom. The zero-order valence-corrected chi connectivity index (χ0v) is 15.8. The maximum Gasteiger partial charge on any atom is 0.124 e. The number of aryl methyl sites for hydroxylation is 2. The predicted molar refractivity (Wildman–Crippen MR) is 101 cm³/mol. The number of ether oxygens (including phenoxy) is 1. The SMILES string of the molecule is CO[C@@H]1C[C@@H](c2nc(C)c(C)[nH]2)N(CCN(C)Cc2ccccc2)C1. The fourth-order valence-electron chi connectivity index (χ4n) is 3.57. The lowest BCUT2D eigenvalue weighted by molar-refractivity contribution is 0.106. The molecule has 1 aliphatic heterocycles. The molecule has 0 spiro atoms. The van der Waals surface area contributed by atoms with Gasteiger partial charge in [0.15, 0.2) is 0 Å². The van der Waals surface area contributed by atoms with Crippen LogP contribution in [0.4, 0.5) is 0 Å². The van der Waals surface area contributed by atoms with Gasteiger partial charge in [-0.1, -0.05) is 30.3 Å². The van der Waals surface area contributed by atoms with Crippen LogP contribution in [0, 0.1) is 13.8 Å². The lowest BCUT2D eigenvalue weighted by Gasteiger charge is -2.25. The van der Waals surface area contributed by atoms with Crippen molar-refractivity contribution in [3.8, 4) is 0 Å². The molecule has 1 aliphatic rings. The highest BCUT2D eigenvalue weighted by atomic mass is 16.5. The van der Waals surface area contributed by atoms with E-state index in [1.165, 1.54) is 5.56 Å². The summed E-state index contributed by atoms with van der Waals surface area (Å²) in [6, 6.07) is 11.0. The van der Waals surface area contributed by atoms with Crippen LogP contribution < -0.4 is 0 Å². The Hall–Kier alpha value is -1.69. The van der Waals surface area contributed by atoms with Crippen LogP contribution in [0.3, 0.4) is 0 Å². The van der Waals surface area contributed by atoms with E-state index in [0.717, 1.165) is 49.8 Å². The van der Waals surface area contributed by atoms with E-state index in [4.69, 9.17) is 9.72 Å². The second-order valence-corrected chi connectivity index (χ2v) is 7.16. The molecule has 3 rings (SSSR count). The van der Waals surface area contributed by atoms with E-state index in [-0.39, 0.29) is 6.10 Å². The van der Waals surface area contributed by atoms with Crippen LogP contribution in [0.25, 0.3) is 0 Å². The van der Waals surface area contributed by atoms with Crippen molar-refractivity contribution in [2.24, 2.45) is 0 Å². The minimum Gasteiger partial charge on any atom is -0.380 e. The zero-order valence-electron chi connectivity index (χ0n) is 15.8. The number of H-pyrrole nitrogens is 1. The average molecular weight is 342 g/mol. The lowest BCUT2D eigenvalue weighted by atomic mass is 10.2. The summed E-state index contributed by atoms with van der Waals surface area (Å²) in [5, 5.41) is 0. The number of hydrogen-bond donors (Lipinski definition) is 1. The Balaban J connectivity index is 1.60. The van der Waals surface area contributed by atoms with Gasteiger partial charge in [0.2, 0.25) is 0 Å². The second-order valence-electron chi connectivity index (χ2n) is 7.16. The first-order chi connectivity index (χ1) is 12.1. The Morgan fingerprint density at radius 1 is 1.28 bits per heavy atom. The molecule has 0 bridgehead atoms. The third-order valence-corrected chi connectivity index (χ3v) is 5.22. The highest BCUT2D eigenvalue weighted by Gasteiger charge is 2.34. The van der Waals surface area contributed by atoms with Gasteiger partial charge in [-0.15, -0.1) is 0 Å². The van der Waals surface area contributed by atoms with Crippen LogP contribution >= 0.6 is 0 Å². The maximum absolute atomic E-state index is 5.64. The molecule has 0 aliphatic carbocycles. The molecule has 5 nitrogen and oxygen atoms in total. The molecule has 1 aromatic carbocycles. The molecule has 2 aromatic rings. The van der Waals surface area contributed by atoms with Crippen LogP contribution in [0.1, 0.15) is 35.2 Å². The van der Waals surface area contributed by atoms with E-state index in [0.29, 0.717) is 6.04 Å². The van der Waals surface area contributed by atoms with Gasteiger partial charge in [-0.2, -0.15) is 0 Å². The summed E-state index contributed by atoms with van der Waals surface area (Å²) in [6.07, 6.45) is 1.29. The third kappa shape index (κ3) is 4.48. The van der Waals surface area contributed by atoms with Crippen molar-refractivity contribution in [1.82, 2.24) is 19.8 Å². The molecule has 1 fully saturated rings. The number of rotatable bonds is 7. The van der Waals surface area contributed by atoms with Crippen LogP contribution in [0.15, 0.2) is 30.3 Å². The van der Waals surface area contributed by atoms with Crippen molar-refractivity contribution < 1.29 is 4.74 Å². The second kappa shape index (κ2) is 8.13. The Labute approximate surface area is 151 Å². The van der Waals surface area contributed by atoms with E-state index >= 15 is 0 Å². The molecule has 1 N–H and O–H groups in total. The summed E-state index contributed by atoms with van der Waals surface area (Å²) >= 11 is 0. The van der Waals surface area contributed by atoms with E-state index in [2.05, 4.69) is 66.0 Å². The zero-order chi connectivity index (χ0) is 17.8. The minimum atomic E-state index is 0.287. The average Bonchev–Trinajstić information content (AvgIpc) is 3.17. The number of likely N-dealkylation sites (tertiary alicyclic amines) is 1. The molecule has 136 valence electrons. The van der Waals surface area contributed by atoms with Gasteiger partial charge in [-0.3, -0.25) is 4.90 Å². The first kappa shape index (κ1) is 18.1. The molecular formula is C20H30N4O. The van der Waals surface area contributed by atoms with E-state index < -0.39 is 0 Å². The van der Waals surface area contributed by atoms with Gasteiger partial charge in [0, 0.05) is 39.0 Å². The molecule has 0 saturated carbocycles. The predicted octanol–water partition coefficient (Wildman–Crippen LogP) is 2.92. The van der Waals surface area contributed by atoms with Crippen molar-refractivity contribution >= 4 is 0 Å². The van der Waals surface area contributed by atoms with Gasteiger partial charge in [0.05, 0.1) is 17.8 Å². The number of benzene rings is 1. The molecular weight excluding hydrogens is 312 g/mol. The quantitative estimate of drug-likeness (QED) is 0.840. The van der Waals surface area contributed by atoms with Gasteiger partial charge in [0.1, 0.15) is 5.82 Å². The van der Waals surface area contributed by atoms with Crippen LogP contribution in [0.2, 0.25) is 0 Å². The molecule has 0 unspecified atom stereocenters. The van der Waals surface area contributed by atoms with Gasteiger partial charge in [0.25, 0.3) is 0 Å². The number of nitrogens with zero attached hydrogens (tertiary/aromatic N) is 3. The van der Waals surface area contributed by atoms with Crippen molar-refractivity contribution in [3.63, 3.8) is 0 Å². The van der Waals surface area contributed by atoms with Gasteiger partial charge in [-0.25, -0.2) is 4.98 Å². The smallest absolute Gasteiger partial charge is 0.124 e. The standard InChI is InChI=1S/C20H30N4O/c1-15-16(2)22-20(21-15)19-12-18(25-4)14-24(19)11-10-23(3)13-17-8-6-5-7-9-17/h5-9,18-19H,10-14H2,1-4H3,(H,21,22)/t18-,19+/m1/s1. The van der Waals surface area contributed by atoms with Gasteiger partial charge >= 0.3 is 0 Å². The van der Waals surface area contributed by atoms with Crippen molar-refractivity contribution in [3.05, 3.63) is 53.1 Å². The fourth-order valence-corrected chi connectivity index (χ4v) is 3.57. The number of imidazole rings is 1.